The van der Waals surface area contributed by atoms with E-state index in [0.717, 1.165) is 38.0 Å². The summed E-state index contributed by atoms with van der Waals surface area (Å²) in [6.45, 7) is 2.99. The maximum absolute atomic E-state index is 11.0. The lowest BCUT2D eigenvalue weighted by atomic mass is 9.96. The quantitative estimate of drug-likeness (QED) is 0.910. The van der Waals surface area contributed by atoms with Gasteiger partial charge in [0.1, 0.15) is 6.61 Å². The van der Waals surface area contributed by atoms with Gasteiger partial charge in [-0.05, 0) is 49.2 Å². The molecule has 2 aromatic rings. The molecule has 6 nitrogen and oxygen atoms in total. The van der Waals surface area contributed by atoms with E-state index >= 15 is 0 Å². The van der Waals surface area contributed by atoms with Gasteiger partial charge in [0.05, 0.1) is 5.92 Å². The average Bonchev–Trinajstić information content (AvgIpc) is 2.68. The number of piperidine rings is 1. The van der Waals surface area contributed by atoms with E-state index in [0.29, 0.717) is 18.2 Å². The highest BCUT2D eigenvalue weighted by molar-refractivity contribution is 5.70. The zero-order valence-electron chi connectivity index (χ0n) is 14.5. The summed E-state index contributed by atoms with van der Waals surface area (Å²) in [5, 5.41) is 9.08. The normalized spacial score (nSPS) is 20.7. The Bertz CT molecular complexity index is 770. The minimum Gasteiger partial charge on any atom is -0.484 e. The van der Waals surface area contributed by atoms with Crippen molar-refractivity contribution in [3.63, 3.8) is 0 Å². The van der Waals surface area contributed by atoms with E-state index in [1.165, 1.54) is 5.56 Å². The highest BCUT2D eigenvalue weighted by atomic mass is 16.6. The van der Waals surface area contributed by atoms with Crippen molar-refractivity contribution in [3.8, 4) is 11.6 Å². The molecule has 1 atom stereocenters. The van der Waals surface area contributed by atoms with Crippen LogP contribution in [0.5, 0.6) is 11.6 Å². The van der Waals surface area contributed by atoms with Gasteiger partial charge >= 0.3 is 5.97 Å². The van der Waals surface area contributed by atoms with E-state index in [1.807, 2.05) is 12.1 Å². The first-order valence-electron chi connectivity index (χ1n) is 8.97. The minimum atomic E-state index is -0.667. The molecule has 0 bridgehead atoms. The Morgan fingerprint density at radius 2 is 1.96 bits per heavy atom. The fourth-order valence-electron chi connectivity index (χ4n) is 3.51. The molecule has 1 N–H and O–H groups in total. The summed E-state index contributed by atoms with van der Waals surface area (Å²) in [6.07, 6.45) is 3.00. The first-order chi connectivity index (χ1) is 12.7. The molecule has 1 aromatic carbocycles. The number of aromatic nitrogens is 1. The van der Waals surface area contributed by atoms with Gasteiger partial charge in [0.15, 0.2) is 11.9 Å². The van der Waals surface area contributed by atoms with Crippen molar-refractivity contribution >= 4 is 5.97 Å². The Morgan fingerprint density at radius 1 is 1.19 bits per heavy atom. The number of ether oxygens (including phenoxy) is 2. The first kappa shape index (κ1) is 16.8. The van der Waals surface area contributed by atoms with E-state index in [4.69, 9.17) is 14.6 Å². The Hall–Kier alpha value is -2.60. The van der Waals surface area contributed by atoms with E-state index in [2.05, 4.69) is 34.1 Å². The second kappa shape index (κ2) is 7.33. The number of hydrogen-bond donors (Lipinski definition) is 1. The molecule has 0 aliphatic carbocycles. The van der Waals surface area contributed by atoms with Crippen molar-refractivity contribution in [2.24, 2.45) is 5.92 Å². The fraction of sp³-hybridized carbons (Fsp3) is 0.400. The van der Waals surface area contributed by atoms with Crippen LogP contribution >= 0.6 is 0 Å². The molecule has 1 aromatic heterocycles. The molecule has 26 heavy (non-hydrogen) atoms. The van der Waals surface area contributed by atoms with Gasteiger partial charge in [0, 0.05) is 12.7 Å². The molecule has 2 aliphatic heterocycles. The van der Waals surface area contributed by atoms with E-state index < -0.39 is 5.97 Å². The zero-order chi connectivity index (χ0) is 17.9. The summed E-state index contributed by atoms with van der Waals surface area (Å²) in [6, 6.07) is 12.0. The number of hydrogen-bond acceptors (Lipinski definition) is 5. The third-order valence-corrected chi connectivity index (χ3v) is 5.07. The van der Waals surface area contributed by atoms with Gasteiger partial charge in [-0.1, -0.05) is 24.3 Å². The number of benzene rings is 1. The Kier molecular flexibility index (Phi) is 4.75. The van der Waals surface area contributed by atoms with Crippen LogP contribution < -0.4 is 9.47 Å². The molecule has 2 aliphatic rings. The van der Waals surface area contributed by atoms with Crippen molar-refractivity contribution in [2.75, 3.05) is 19.7 Å². The molecule has 0 spiro atoms. The van der Waals surface area contributed by atoms with E-state index in [1.54, 1.807) is 6.20 Å². The summed E-state index contributed by atoms with van der Waals surface area (Å²) in [5.41, 5.74) is 2.28. The number of rotatable bonds is 4. The van der Waals surface area contributed by atoms with Gasteiger partial charge in [-0.2, -0.15) is 0 Å². The van der Waals surface area contributed by atoms with Crippen molar-refractivity contribution < 1.29 is 19.4 Å². The first-order valence-corrected chi connectivity index (χ1v) is 8.97. The fourth-order valence-corrected chi connectivity index (χ4v) is 3.51. The Labute approximate surface area is 152 Å². The van der Waals surface area contributed by atoms with E-state index in [-0.39, 0.29) is 12.0 Å². The Morgan fingerprint density at radius 3 is 2.69 bits per heavy atom. The van der Waals surface area contributed by atoms with Crippen molar-refractivity contribution in [1.29, 1.82) is 0 Å². The minimum absolute atomic E-state index is 0.155. The van der Waals surface area contributed by atoms with Crippen LogP contribution in [0.4, 0.5) is 0 Å². The van der Waals surface area contributed by atoms with Crippen LogP contribution in [0.1, 0.15) is 30.1 Å². The highest BCUT2D eigenvalue weighted by Gasteiger charge is 2.25. The highest BCUT2D eigenvalue weighted by Crippen LogP contribution is 2.34. The van der Waals surface area contributed by atoms with Gasteiger partial charge in [-0.3, -0.25) is 9.69 Å². The van der Waals surface area contributed by atoms with Crippen LogP contribution in [0.25, 0.3) is 0 Å². The lowest BCUT2D eigenvalue weighted by Crippen LogP contribution is -2.35. The molecular formula is C20H22N2O4. The molecule has 3 heterocycles. The molecule has 1 unspecified atom stereocenters. The van der Waals surface area contributed by atoms with Gasteiger partial charge in [0.25, 0.3) is 5.88 Å². The third kappa shape index (κ3) is 3.65. The molecule has 0 radical (unpaired) electrons. The average molecular weight is 354 g/mol. The number of carboxylic acid groups (broad SMARTS) is 1. The van der Waals surface area contributed by atoms with Crippen LogP contribution in [0, 0.1) is 5.92 Å². The molecule has 136 valence electrons. The molecule has 1 saturated heterocycles. The van der Waals surface area contributed by atoms with Crippen molar-refractivity contribution in [2.45, 2.75) is 25.5 Å². The summed E-state index contributed by atoms with van der Waals surface area (Å²) in [4.78, 5) is 17.6. The summed E-state index contributed by atoms with van der Waals surface area (Å²) >= 11 is 0. The molecule has 4 rings (SSSR count). The van der Waals surface area contributed by atoms with Gasteiger partial charge in [-0.15, -0.1) is 0 Å². The van der Waals surface area contributed by atoms with Crippen LogP contribution in [-0.2, 0) is 11.3 Å². The zero-order valence-corrected chi connectivity index (χ0v) is 14.5. The number of carboxylic acids is 1. The summed E-state index contributed by atoms with van der Waals surface area (Å²) in [7, 11) is 0. The molecule has 1 fully saturated rings. The summed E-state index contributed by atoms with van der Waals surface area (Å²) in [5.74, 6) is 0.368. The lowest BCUT2D eigenvalue weighted by Gasteiger charge is -2.30. The lowest BCUT2D eigenvalue weighted by molar-refractivity contribution is -0.143. The number of fused-ring (bicyclic) bond motifs is 1. The van der Waals surface area contributed by atoms with Gasteiger partial charge in [-0.25, -0.2) is 4.98 Å². The van der Waals surface area contributed by atoms with Gasteiger partial charge in [0.2, 0.25) is 0 Å². The predicted octanol–water partition coefficient (Wildman–Crippen LogP) is 2.89. The standard InChI is InChI=1S/C20H22N2O4/c23-20(24)16-7-10-22(11-8-16)12-14-3-5-15(6-4-14)18-13-25-17-2-1-9-21-19(17)26-18/h1-6,9,16,18H,7-8,10-13H2,(H,23,24). The summed E-state index contributed by atoms with van der Waals surface area (Å²) < 4.78 is 11.7. The monoisotopic (exact) mass is 354 g/mol. The Balaban J connectivity index is 1.35. The number of likely N-dealkylation sites (tertiary alicyclic amines) is 1. The number of nitrogens with zero attached hydrogens (tertiary/aromatic N) is 2. The van der Waals surface area contributed by atoms with Crippen LogP contribution in [0.2, 0.25) is 0 Å². The van der Waals surface area contributed by atoms with Crippen molar-refractivity contribution in [3.05, 3.63) is 53.7 Å². The van der Waals surface area contributed by atoms with Crippen LogP contribution in [-0.4, -0.2) is 40.7 Å². The SMILES string of the molecule is O=C(O)C1CCN(Cc2ccc(C3COc4cccnc4O3)cc2)CC1. The topological polar surface area (TPSA) is 71.9 Å². The second-order valence-electron chi connectivity index (χ2n) is 6.85. The van der Waals surface area contributed by atoms with Gasteiger partial charge < -0.3 is 14.6 Å². The van der Waals surface area contributed by atoms with Crippen LogP contribution in [0.3, 0.4) is 0 Å². The van der Waals surface area contributed by atoms with Crippen molar-refractivity contribution in [1.82, 2.24) is 9.88 Å². The second-order valence-corrected chi connectivity index (χ2v) is 6.85. The maximum Gasteiger partial charge on any atom is 0.306 e. The number of carbonyl (C=O) groups is 1. The molecule has 6 heteroatoms. The number of pyridine rings is 1. The largest absolute Gasteiger partial charge is 0.484 e. The smallest absolute Gasteiger partial charge is 0.306 e. The molecule has 0 amide bonds. The number of aliphatic carboxylic acids is 1. The molecule has 0 saturated carbocycles. The van der Waals surface area contributed by atoms with Crippen LogP contribution in [0.15, 0.2) is 42.6 Å². The predicted molar refractivity (Wildman–Crippen MR) is 95.2 cm³/mol. The molecular weight excluding hydrogens is 332 g/mol. The third-order valence-electron chi connectivity index (χ3n) is 5.07. The maximum atomic E-state index is 11.0. The van der Waals surface area contributed by atoms with E-state index in [9.17, 15) is 4.79 Å².